The molecule has 2 aliphatic rings. The van der Waals surface area contributed by atoms with Gasteiger partial charge in [-0.05, 0) is 36.6 Å². The predicted molar refractivity (Wildman–Crippen MR) is 116 cm³/mol. The van der Waals surface area contributed by atoms with Crippen molar-refractivity contribution in [1.82, 2.24) is 19.4 Å². The number of thiophene rings is 1. The van der Waals surface area contributed by atoms with Gasteiger partial charge < -0.3 is 15.1 Å². The SMILES string of the molecule is O=C1CN(S(=O)(=O)c2cc3ccc(Cl)cc3s2)CCN1CCCN1CCNCC1. The molecule has 0 radical (unpaired) electrons. The van der Waals surface area contributed by atoms with E-state index in [0.29, 0.717) is 24.7 Å². The third-order valence-electron chi connectivity index (χ3n) is 5.45. The molecule has 1 N–H and O–H groups in total. The predicted octanol–water partition coefficient (Wildman–Crippen LogP) is 1.68. The van der Waals surface area contributed by atoms with Crippen LogP contribution in [-0.4, -0.2) is 87.3 Å². The lowest BCUT2D eigenvalue weighted by molar-refractivity contribution is -0.134. The third-order valence-corrected chi connectivity index (χ3v) is 9.08. The molecule has 0 atom stereocenters. The molecule has 2 fully saturated rings. The Bertz CT molecular complexity index is 989. The maximum Gasteiger partial charge on any atom is 0.253 e. The molecule has 4 rings (SSSR count). The van der Waals surface area contributed by atoms with Crippen LogP contribution in [0.15, 0.2) is 28.5 Å². The van der Waals surface area contributed by atoms with Crippen molar-refractivity contribution < 1.29 is 13.2 Å². The molecule has 7 nitrogen and oxygen atoms in total. The number of amides is 1. The van der Waals surface area contributed by atoms with Gasteiger partial charge in [0, 0.05) is 55.5 Å². The molecule has 0 unspecified atom stereocenters. The highest BCUT2D eigenvalue weighted by Crippen LogP contribution is 2.33. The van der Waals surface area contributed by atoms with E-state index in [9.17, 15) is 13.2 Å². The number of fused-ring (bicyclic) bond motifs is 1. The lowest BCUT2D eigenvalue weighted by Crippen LogP contribution is -2.52. The molecule has 1 amide bonds. The average molecular weight is 457 g/mol. The first-order chi connectivity index (χ1) is 13.9. The van der Waals surface area contributed by atoms with Gasteiger partial charge in [0.1, 0.15) is 4.21 Å². The van der Waals surface area contributed by atoms with Crippen molar-refractivity contribution in [2.75, 3.05) is 58.9 Å². The van der Waals surface area contributed by atoms with Crippen LogP contribution in [0.5, 0.6) is 0 Å². The number of nitrogens with zero attached hydrogens (tertiary/aromatic N) is 3. The molecule has 0 bridgehead atoms. The third kappa shape index (κ3) is 4.76. The molecular formula is C19H25ClN4O3S2. The monoisotopic (exact) mass is 456 g/mol. The van der Waals surface area contributed by atoms with Gasteiger partial charge in [0.25, 0.3) is 10.0 Å². The second kappa shape index (κ2) is 8.87. The summed E-state index contributed by atoms with van der Waals surface area (Å²) < 4.78 is 28.5. The van der Waals surface area contributed by atoms with Crippen molar-refractivity contribution in [2.45, 2.75) is 10.6 Å². The number of halogens is 1. The lowest BCUT2D eigenvalue weighted by Gasteiger charge is -2.34. The molecular weight excluding hydrogens is 432 g/mol. The normalized spacial score (nSPS) is 19.9. The smallest absolute Gasteiger partial charge is 0.253 e. The topological polar surface area (TPSA) is 73.0 Å². The number of carbonyl (C=O) groups excluding carboxylic acids is 1. The molecule has 2 aromatic rings. The Morgan fingerprint density at radius 3 is 2.62 bits per heavy atom. The first-order valence-corrected chi connectivity index (χ1v) is 12.5. The van der Waals surface area contributed by atoms with E-state index < -0.39 is 10.0 Å². The maximum atomic E-state index is 13.0. The van der Waals surface area contributed by atoms with E-state index in [1.54, 1.807) is 23.1 Å². The number of rotatable bonds is 6. The Morgan fingerprint density at radius 1 is 1.07 bits per heavy atom. The van der Waals surface area contributed by atoms with Gasteiger partial charge in [-0.3, -0.25) is 4.79 Å². The molecule has 0 spiro atoms. The Balaban J connectivity index is 1.36. The van der Waals surface area contributed by atoms with Crippen LogP contribution in [0.3, 0.4) is 0 Å². The van der Waals surface area contributed by atoms with E-state index in [-0.39, 0.29) is 16.7 Å². The number of benzene rings is 1. The molecule has 0 saturated carbocycles. The molecule has 1 aromatic carbocycles. The average Bonchev–Trinajstić information content (AvgIpc) is 3.14. The highest BCUT2D eigenvalue weighted by Gasteiger charge is 2.33. The summed E-state index contributed by atoms with van der Waals surface area (Å²) in [6.07, 6.45) is 0.912. The molecule has 1 aromatic heterocycles. The van der Waals surface area contributed by atoms with Crippen molar-refractivity contribution in [3.05, 3.63) is 29.3 Å². The van der Waals surface area contributed by atoms with Crippen molar-refractivity contribution in [3.8, 4) is 0 Å². The highest BCUT2D eigenvalue weighted by molar-refractivity contribution is 7.91. The fraction of sp³-hybridized carbons (Fsp3) is 0.526. The first kappa shape index (κ1) is 21.0. The zero-order chi connectivity index (χ0) is 20.4. The first-order valence-electron chi connectivity index (χ1n) is 9.83. The number of nitrogens with one attached hydrogen (secondary N) is 1. The van der Waals surface area contributed by atoms with Gasteiger partial charge in [-0.15, -0.1) is 11.3 Å². The number of hydrogen-bond acceptors (Lipinski definition) is 6. The van der Waals surface area contributed by atoms with Gasteiger partial charge in [0.15, 0.2) is 0 Å². The van der Waals surface area contributed by atoms with E-state index in [1.165, 1.54) is 15.6 Å². The number of carbonyl (C=O) groups is 1. The summed E-state index contributed by atoms with van der Waals surface area (Å²) in [5.74, 6) is -0.121. The molecule has 158 valence electrons. The van der Waals surface area contributed by atoms with Crippen LogP contribution in [0.25, 0.3) is 10.1 Å². The fourth-order valence-corrected chi connectivity index (χ4v) is 6.99. The van der Waals surface area contributed by atoms with Gasteiger partial charge in [-0.25, -0.2) is 8.42 Å². The minimum absolute atomic E-state index is 0.0923. The van der Waals surface area contributed by atoms with Gasteiger partial charge in [0.2, 0.25) is 5.91 Å². The minimum Gasteiger partial charge on any atom is -0.340 e. The Morgan fingerprint density at radius 2 is 1.86 bits per heavy atom. The minimum atomic E-state index is -3.68. The number of sulfonamides is 1. The van der Waals surface area contributed by atoms with Gasteiger partial charge in [-0.1, -0.05) is 17.7 Å². The quantitative estimate of drug-likeness (QED) is 0.716. The summed E-state index contributed by atoms with van der Waals surface area (Å²) in [7, 11) is -3.68. The molecule has 2 saturated heterocycles. The van der Waals surface area contributed by atoms with Crippen LogP contribution in [0, 0.1) is 0 Å². The summed E-state index contributed by atoms with van der Waals surface area (Å²) in [6, 6.07) is 6.99. The Hall–Kier alpha value is -1.23. The molecule has 2 aliphatic heterocycles. The van der Waals surface area contributed by atoms with Crippen molar-refractivity contribution >= 4 is 49.0 Å². The van der Waals surface area contributed by atoms with Crippen molar-refractivity contribution in [3.63, 3.8) is 0 Å². The van der Waals surface area contributed by atoms with E-state index in [2.05, 4.69) is 10.2 Å². The lowest BCUT2D eigenvalue weighted by atomic mass is 10.2. The van der Waals surface area contributed by atoms with Crippen LogP contribution >= 0.6 is 22.9 Å². The van der Waals surface area contributed by atoms with E-state index in [4.69, 9.17) is 11.6 Å². The van der Waals surface area contributed by atoms with Crippen LogP contribution < -0.4 is 5.32 Å². The van der Waals surface area contributed by atoms with Crippen LogP contribution in [0.2, 0.25) is 5.02 Å². The molecule has 29 heavy (non-hydrogen) atoms. The zero-order valence-electron chi connectivity index (χ0n) is 16.1. The second-order valence-corrected chi connectivity index (χ2v) is 11.1. The molecule has 10 heteroatoms. The van der Waals surface area contributed by atoms with Gasteiger partial charge >= 0.3 is 0 Å². The summed E-state index contributed by atoms with van der Waals surface area (Å²) in [5, 5.41) is 4.75. The van der Waals surface area contributed by atoms with Crippen LogP contribution in [0.4, 0.5) is 0 Å². The molecule has 0 aliphatic carbocycles. The summed E-state index contributed by atoms with van der Waals surface area (Å²) in [4.78, 5) is 16.8. The van der Waals surface area contributed by atoms with E-state index >= 15 is 0 Å². The Kier molecular flexibility index (Phi) is 6.43. The highest BCUT2D eigenvalue weighted by atomic mass is 35.5. The second-order valence-electron chi connectivity index (χ2n) is 7.41. The van der Waals surface area contributed by atoms with Crippen molar-refractivity contribution in [2.24, 2.45) is 0 Å². The number of hydrogen-bond donors (Lipinski definition) is 1. The van der Waals surface area contributed by atoms with E-state index in [0.717, 1.165) is 49.2 Å². The van der Waals surface area contributed by atoms with E-state index in [1.807, 2.05) is 6.07 Å². The Labute approximate surface area is 180 Å². The maximum absolute atomic E-state index is 13.0. The van der Waals surface area contributed by atoms with Gasteiger partial charge in [-0.2, -0.15) is 4.31 Å². The van der Waals surface area contributed by atoms with Crippen molar-refractivity contribution in [1.29, 1.82) is 0 Å². The summed E-state index contributed by atoms with van der Waals surface area (Å²) >= 11 is 7.20. The zero-order valence-corrected chi connectivity index (χ0v) is 18.5. The number of piperazine rings is 2. The molecule has 3 heterocycles. The largest absolute Gasteiger partial charge is 0.340 e. The van der Waals surface area contributed by atoms with Gasteiger partial charge in [0.05, 0.1) is 6.54 Å². The van der Waals surface area contributed by atoms with Crippen LogP contribution in [0.1, 0.15) is 6.42 Å². The summed E-state index contributed by atoms with van der Waals surface area (Å²) in [5.41, 5.74) is 0. The fourth-order valence-electron chi connectivity index (χ4n) is 3.78. The summed E-state index contributed by atoms with van der Waals surface area (Å²) in [6.45, 7) is 6.44. The van der Waals surface area contributed by atoms with Crippen LogP contribution in [-0.2, 0) is 14.8 Å². The standard InChI is InChI=1S/C19H25ClN4O3S2/c20-16-3-2-15-12-19(28-17(15)13-16)29(26,27)24-11-10-23(18(25)14-24)7-1-6-22-8-4-21-5-9-22/h2-3,12-13,21H,1,4-11,14H2.